The molecule has 0 saturated carbocycles. The molecule has 2 saturated heterocycles. The van der Waals surface area contributed by atoms with Gasteiger partial charge in [-0.05, 0) is 49.5 Å². The van der Waals surface area contributed by atoms with Crippen LogP contribution in [0.4, 0.5) is 13.2 Å². The smallest absolute Gasteiger partial charge is 0.383 e. The number of ether oxygens (including phenoxy) is 1. The lowest BCUT2D eigenvalue weighted by Crippen LogP contribution is -2.67. The molecule has 174 valence electrons. The van der Waals surface area contributed by atoms with Gasteiger partial charge in [-0.3, -0.25) is 4.90 Å². The quantitative estimate of drug-likeness (QED) is 0.583. The standard InChI is InChI=1S/C26H33F3N2O/c1-19-6-5-7-22(16-19)20-8-10-21(11-9-20)25-23-17-30(15-12-26(27,28)29)13-3-4-14-31(23)24(25)18-32-2/h5-11,16,23-25H,3-4,12-15,17-18H2,1-2H3/t23-,24+,25?/m0/s1. The highest BCUT2D eigenvalue weighted by Crippen LogP contribution is 2.42. The second-order valence-corrected chi connectivity index (χ2v) is 9.22. The van der Waals surface area contributed by atoms with Crippen LogP contribution in [0.5, 0.6) is 0 Å². The minimum atomic E-state index is -4.11. The molecule has 3 atom stereocenters. The van der Waals surface area contributed by atoms with Gasteiger partial charge in [-0.25, -0.2) is 0 Å². The zero-order valence-electron chi connectivity index (χ0n) is 18.9. The second-order valence-electron chi connectivity index (χ2n) is 9.22. The fraction of sp³-hybridized carbons (Fsp3) is 0.538. The molecule has 0 radical (unpaired) electrons. The van der Waals surface area contributed by atoms with Crippen molar-refractivity contribution >= 4 is 0 Å². The Kier molecular flexibility index (Phi) is 7.23. The van der Waals surface area contributed by atoms with Crippen molar-refractivity contribution in [2.45, 2.75) is 50.4 Å². The van der Waals surface area contributed by atoms with Crippen LogP contribution in [0.15, 0.2) is 48.5 Å². The average Bonchev–Trinajstić information content (AvgIpc) is 2.74. The summed E-state index contributed by atoms with van der Waals surface area (Å²) in [5.41, 5.74) is 4.86. The molecule has 0 N–H and O–H groups in total. The molecule has 2 aliphatic heterocycles. The number of hydrogen-bond acceptors (Lipinski definition) is 3. The van der Waals surface area contributed by atoms with Crippen molar-refractivity contribution in [1.29, 1.82) is 0 Å². The maximum atomic E-state index is 12.8. The van der Waals surface area contributed by atoms with E-state index in [4.69, 9.17) is 4.74 Å². The Bertz CT molecular complexity index is 883. The van der Waals surface area contributed by atoms with Crippen molar-refractivity contribution in [3.63, 3.8) is 0 Å². The number of alkyl halides is 3. The molecule has 2 aliphatic rings. The van der Waals surface area contributed by atoms with E-state index in [1.807, 2.05) is 4.90 Å². The Balaban J connectivity index is 1.53. The molecule has 6 heteroatoms. The Morgan fingerprint density at radius 3 is 2.44 bits per heavy atom. The molecule has 0 bridgehead atoms. The second kappa shape index (κ2) is 9.94. The number of rotatable bonds is 6. The van der Waals surface area contributed by atoms with Crippen molar-refractivity contribution in [1.82, 2.24) is 9.80 Å². The molecule has 0 spiro atoms. The van der Waals surface area contributed by atoms with Gasteiger partial charge >= 0.3 is 6.18 Å². The molecule has 0 aliphatic carbocycles. The SMILES string of the molecule is COC[C@@H]1C(c2ccc(-c3cccc(C)c3)cc2)[C@@H]2CN(CCC(F)(F)F)CCCCN12. The lowest BCUT2D eigenvalue weighted by molar-refractivity contribution is -0.140. The van der Waals surface area contributed by atoms with Crippen LogP contribution in [0, 0.1) is 6.92 Å². The van der Waals surface area contributed by atoms with Crippen LogP contribution in [-0.2, 0) is 4.74 Å². The highest BCUT2D eigenvalue weighted by Gasteiger charge is 2.49. The summed E-state index contributed by atoms with van der Waals surface area (Å²) in [6.07, 6.45) is -2.89. The molecule has 1 unspecified atom stereocenters. The molecule has 2 aromatic carbocycles. The molecular formula is C26H33F3N2O. The van der Waals surface area contributed by atoms with Gasteiger partial charge in [-0.15, -0.1) is 0 Å². The van der Waals surface area contributed by atoms with Gasteiger partial charge in [0.2, 0.25) is 0 Å². The first-order valence-corrected chi connectivity index (χ1v) is 11.6. The van der Waals surface area contributed by atoms with Crippen molar-refractivity contribution < 1.29 is 17.9 Å². The summed E-state index contributed by atoms with van der Waals surface area (Å²) < 4.78 is 44.0. The van der Waals surface area contributed by atoms with E-state index < -0.39 is 12.6 Å². The van der Waals surface area contributed by atoms with E-state index in [9.17, 15) is 13.2 Å². The van der Waals surface area contributed by atoms with Crippen molar-refractivity contribution in [2.75, 3.05) is 39.9 Å². The summed E-state index contributed by atoms with van der Waals surface area (Å²) >= 11 is 0. The number of halogens is 3. The molecule has 0 amide bonds. The highest BCUT2D eigenvalue weighted by molar-refractivity contribution is 5.64. The summed E-state index contributed by atoms with van der Waals surface area (Å²) in [7, 11) is 1.73. The lowest BCUT2D eigenvalue weighted by Gasteiger charge is -2.57. The van der Waals surface area contributed by atoms with E-state index >= 15 is 0 Å². The molecular weight excluding hydrogens is 413 g/mol. The van der Waals surface area contributed by atoms with E-state index in [1.54, 1.807) is 7.11 Å². The predicted octanol–water partition coefficient (Wildman–Crippen LogP) is 5.49. The van der Waals surface area contributed by atoms with Crippen molar-refractivity contribution in [2.24, 2.45) is 0 Å². The van der Waals surface area contributed by atoms with E-state index in [0.717, 1.165) is 25.9 Å². The molecule has 0 aromatic heterocycles. The van der Waals surface area contributed by atoms with Crippen LogP contribution in [0.3, 0.4) is 0 Å². The number of nitrogens with zero attached hydrogens (tertiary/aromatic N) is 2. The molecule has 4 rings (SSSR count). The highest BCUT2D eigenvalue weighted by atomic mass is 19.4. The van der Waals surface area contributed by atoms with Crippen LogP contribution in [0.1, 0.15) is 36.3 Å². The molecule has 32 heavy (non-hydrogen) atoms. The summed E-state index contributed by atoms with van der Waals surface area (Å²) in [6.45, 7) is 5.24. The van der Waals surface area contributed by atoms with Gasteiger partial charge in [-0.2, -0.15) is 13.2 Å². The Morgan fingerprint density at radius 2 is 1.75 bits per heavy atom. The van der Waals surface area contributed by atoms with Crippen LogP contribution < -0.4 is 0 Å². The zero-order chi connectivity index (χ0) is 22.7. The number of methoxy groups -OCH3 is 1. The monoisotopic (exact) mass is 446 g/mol. The third-order valence-electron chi connectivity index (χ3n) is 6.96. The normalized spacial score (nSPS) is 25.0. The van der Waals surface area contributed by atoms with Crippen LogP contribution in [0.25, 0.3) is 11.1 Å². The van der Waals surface area contributed by atoms with Crippen LogP contribution in [0.2, 0.25) is 0 Å². The fourth-order valence-electron chi connectivity index (χ4n) is 5.37. The summed E-state index contributed by atoms with van der Waals surface area (Å²) in [6, 6.07) is 17.7. The molecule has 2 aromatic rings. The first kappa shape index (κ1) is 23.3. The first-order chi connectivity index (χ1) is 15.4. The maximum absolute atomic E-state index is 12.8. The average molecular weight is 447 g/mol. The van der Waals surface area contributed by atoms with Gasteiger partial charge in [0.15, 0.2) is 0 Å². The number of benzene rings is 2. The van der Waals surface area contributed by atoms with E-state index in [1.165, 1.54) is 22.3 Å². The lowest BCUT2D eigenvalue weighted by atomic mass is 9.74. The number of fused-ring (bicyclic) bond motifs is 1. The van der Waals surface area contributed by atoms with Crippen molar-refractivity contribution in [3.8, 4) is 11.1 Å². The predicted molar refractivity (Wildman–Crippen MR) is 122 cm³/mol. The Morgan fingerprint density at radius 1 is 1.00 bits per heavy atom. The summed E-state index contributed by atoms with van der Waals surface area (Å²) in [4.78, 5) is 4.48. The van der Waals surface area contributed by atoms with Crippen LogP contribution in [-0.4, -0.2) is 68.0 Å². The first-order valence-electron chi connectivity index (χ1n) is 11.6. The van der Waals surface area contributed by atoms with E-state index in [0.29, 0.717) is 13.2 Å². The topological polar surface area (TPSA) is 15.7 Å². The van der Waals surface area contributed by atoms with Gasteiger partial charge in [0.1, 0.15) is 0 Å². The minimum absolute atomic E-state index is 0.0851. The summed E-state index contributed by atoms with van der Waals surface area (Å²) in [5, 5.41) is 0. The van der Waals surface area contributed by atoms with Gasteiger partial charge in [0.25, 0.3) is 0 Å². The van der Waals surface area contributed by atoms with Gasteiger partial charge in [0.05, 0.1) is 13.0 Å². The van der Waals surface area contributed by atoms with Gasteiger partial charge in [0, 0.05) is 38.2 Å². The van der Waals surface area contributed by atoms with E-state index in [-0.39, 0.29) is 24.5 Å². The number of aryl methyl sites for hydroxylation is 1. The van der Waals surface area contributed by atoms with Gasteiger partial charge < -0.3 is 9.64 Å². The molecule has 2 heterocycles. The third kappa shape index (κ3) is 5.36. The fourth-order valence-corrected chi connectivity index (χ4v) is 5.37. The molecule has 2 fully saturated rings. The zero-order valence-corrected chi connectivity index (χ0v) is 18.9. The Labute approximate surface area is 189 Å². The summed E-state index contributed by atoms with van der Waals surface area (Å²) in [5.74, 6) is 0.271. The minimum Gasteiger partial charge on any atom is -0.383 e. The van der Waals surface area contributed by atoms with E-state index in [2.05, 4.69) is 60.4 Å². The van der Waals surface area contributed by atoms with Crippen molar-refractivity contribution in [3.05, 3.63) is 59.7 Å². The Hall–Kier alpha value is -1.89. The largest absolute Gasteiger partial charge is 0.390 e. The number of hydrogen-bond donors (Lipinski definition) is 0. The third-order valence-corrected chi connectivity index (χ3v) is 6.96. The van der Waals surface area contributed by atoms with Gasteiger partial charge in [-0.1, -0.05) is 54.1 Å². The van der Waals surface area contributed by atoms with Crippen LogP contribution >= 0.6 is 0 Å². The molecule has 3 nitrogen and oxygen atoms in total. The maximum Gasteiger partial charge on any atom is 0.390 e.